The summed E-state index contributed by atoms with van der Waals surface area (Å²) in [7, 11) is 0. The predicted octanol–water partition coefficient (Wildman–Crippen LogP) is 2.84. The molecule has 0 aromatic rings. The molecule has 3 aliphatic rings. The molecular weight excluding hydrogens is 356 g/mol. The molecule has 6 heteroatoms. The topological polar surface area (TPSA) is 59.1 Å². The molecule has 1 aliphatic carbocycles. The van der Waals surface area contributed by atoms with Crippen molar-refractivity contribution in [3.63, 3.8) is 0 Å². The monoisotopic (exact) mass is 394 g/mol. The first-order valence-corrected chi connectivity index (χ1v) is 10.9. The smallest absolute Gasteiger partial charge is 0.225 e. The van der Waals surface area contributed by atoms with Crippen molar-refractivity contribution in [2.24, 2.45) is 11.8 Å². The largest absolute Gasteiger partial charge is 0.369 e. The second kappa shape index (κ2) is 7.94. The van der Waals surface area contributed by atoms with E-state index < -0.39 is 0 Å². The van der Waals surface area contributed by atoms with Crippen molar-refractivity contribution in [1.29, 1.82) is 0 Å². The minimum absolute atomic E-state index is 0.0460. The van der Waals surface area contributed by atoms with E-state index in [0.717, 1.165) is 19.3 Å². The lowest BCUT2D eigenvalue weighted by Crippen LogP contribution is -2.56. The molecule has 0 aromatic heterocycles. The Morgan fingerprint density at radius 1 is 0.786 bits per heavy atom. The first-order valence-electron chi connectivity index (χ1n) is 10.9. The average molecular weight is 395 g/mol. The number of ether oxygens (including phenoxy) is 2. The van der Waals surface area contributed by atoms with E-state index in [2.05, 4.69) is 0 Å². The lowest BCUT2D eigenvalue weighted by molar-refractivity contribution is -0.166. The Labute approximate surface area is 169 Å². The highest BCUT2D eigenvalue weighted by Crippen LogP contribution is 2.34. The molecule has 4 atom stereocenters. The zero-order valence-corrected chi connectivity index (χ0v) is 18.5. The fourth-order valence-electron chi connectivity index (χ4n) is 5.40. The third-order valence-electron chi connectivity index (χ3n) is 6.13. The first kappa shape index (κ1) is 21.6. The number of rotatable bonds is 2. The molecule has 0 aromatic carbocycles. The maximum atomic E-state index is 13.2. The lowest BCUT2D eigenvalue weighted by atomic mass is 9.79. The second-order valence-electron chi connectivity index (χ2n) is 10.4. The number of nitrogens with zero attached hydrogens (tertiary/aromatic N) is 2. The minimum Gasteiger partial charge on any atom is -0.369 e. The molecule has 0 spiro atoms. The number of carbonyl (C=O) groups excluding carboxylic acids is 2. The van der Waals surface area contributed by atoms with E-state index in [1.807, 2.05) is 51.3 Å². The molecule has 0 bridgehead atoms. The Hall–Kier alpha value is -1.14. The van der Waals surface area contributed by atoms with E-state index in [9.17, 15) is 9.59 Å². The van der Waals surface area contributed by atoms with Gasteiger partial charge in [-0.3, -0.25) is 9.59 Å². The minimum atomic E-state index is -0.313. The van der Waals surface area contributed by atoms with E-state index in [1.165, 1.54) is 0 Å². The number of carbonyl (C=O) groups is 2. The molecule has 0 unspecified atom stereocenters. The van der Waals surface area contributed by atoms with Crippen molar-refractivity contribution in [1.82, 2.24) is 9.80 Å². The molecule has 0 radical (unpaired) electrons. The number of morpholine rings is 2. The van der Waals surface area contributed by atoms with Crippen molar-refractivity contribution in [2.45, 2.75) is 90.6 Å². The van der Waals surface area contributed by atoms with Crippen molar-refractivity contribution in [2.75, 3.05) is 26.2 Å². The average Bonchev–Trinajstić information content (AvgIpc) is 2.57. The van der Waals surface area contributed by atoms with Gasteiger partial charge in [0, 0.05) is 38.0 Å². The van der Waals surface area contributed by atoms with Gasteiger partial charge in [-0.2, -0.15) is 0 Å². The third kappa shape index (κ3) is 5.07. The highest BCUT2D eigenvalue weighted by Gasteiger charge is 2.41. The Kier molecular flexibility index (Phi) is 6.12. The van der Waals surface area contributed by atoms with Crippen molar-refractivity contribution >= 4 is 11.8 Å². The summed E-state index contributed by atoms with van der Waals surface area (Å²) in [5.74, 6) is 0.318. The molecule has 3 rings (SSSR count). The first-order chi connectivity index (χ1) is 13.0. The van der Waals surface area contributed by atoms with Crippen molar-refractivity contribution in [3.8, 4) is 0 Å². The van der Waals surface area contributed by atoms with Crippen molar-refractivity contribution < 1.29 is 19.1 Å². The van der Waals surface area contributed by atoms with Crippen LogP contribution < -0.4 is 0 Å². The van der Waals surface area contributed by atoms with Gasteiger partial charge in [-0.15, -0.1) is 0 Å². The molecule has 2 amide bonds. The standard InChI is InChI=1S/C22H38N2O4/c1-15-11-23(13-21(3,4)27-15)19(25)17-8-7-9-18(10-17)20(26)24-12-16(2)28-22(5,6)14-24/h15-18H,7-14H2,1-6H3/t15-,16-,17-,18-/m1/s1. The Bertz CT molecular complexity index is 553. The molecule has 160 valence electrons. The molecule has 3 fully saturated rings. The van der Waals surface area contributed by atoms with Gasteiger partial charge in [0.05, 0.1) is 23.4 Å². The zero-order valence-electron chi connectivity index (χ0n) is 18.5. The molecule has 6 nitrogen and oxygen atoms in total. The maximum Gasteiger partial charge on any atom is 0.225 e. The summed E-state index contributed by atoms with van der Waals surface area (Å²) in [4.78, 5) is 30.4. The SMILES string of the molecule is C[C@@H]1CN(C(=O)[C@@H]2CCC[C@@H](C(=O)N3C[C@@H](C)OC(C)(C)C3)C2)CC(C)(C)O1. The van der Waals surface area contributed by atoms with Gasteiger partial charge in [-0.1, -0.05) is 6.42 Å². The van der Waals surface area contributed by atoms with Gasteiger partial charge >= 0.3 is 0 Å². The summed E-state index contributed by atoms with van der Waals surface area (Å²) in [5, 5.41) is 0. The fourth-order valence-corrected chi connectivity index (χ4v) is 5.40. The van der Waals surface area contributed by atoms with Crippen LogP contribution in [-0.2, 0) is 19.1 Å². The Morgan fingerprint density at radius 2 is 1.18 bits per heavy atom. The number of amides is 2. The number of hydrogen-bond acceptors (Lipinski definition) is 4. The summed E-state index contributed by atoms with van der Waals surface area (Å²) in [6.45, 7) is 14.7. The lowest BCUT2D eigenvalue weighted by Gasteiger charge is -2.45. The van der Waals surface area contributed by atoms with Gasteiger partial charge in [-0.25, -0.2) is 0 Å². The van der Waals surface area contributed by atoms with Gasteiger partial charge in [0.1, 0.15) is 0 Å². The normalized spacial score (nSPS) is 35.5. The molecule has 1 saturated carbocycles. The van der Waals surface area contributed by atoms with Crippen LogP contribution in [0.1, 0.15) is 67.2 Å². The van der Waals surface area contributed by atoms with Crippen molar-refractivity contribution in [3.05, 3.63) is 0 Å². The van der Waals surface area contributed by atoms with E-state index in [4.69, 9.17) is 9.47 Å². The van der Waals surface area contributed by atoms with Gasteiger partial charge in [0.2, 0.25) is 11.8 Å². The second-order valence-corrected chi connectivity index (χ2v) is 10.4. The zero-order chi connectivity index (χ0) is 20.7. The molecule has 28 heavy (non-hydrogen) atoms. The predicted molar refractivity (Wildman–Crippen MR) is 108 cm³/mol. The Balaban J connectivity index is 1.63. The van der Waals surface area contributed by atoms with Gasteiger partial charge in [-0.05, 0) is 60.8 Å². The van der Waals surface area contributed by atoms with Crippen LogP contribution in [0.2, 0.25) is 0 Å². The van der Waals surface area contributed by atoms with Crippen LogP contribution in [0.25, 0.3) is 0 Å². The van der Waals surface area contributed by atoms with Crippen LogP contribution in [0.15, 0.2) is 0 Å². The van der Waals surface area contributed by atoms with Crippen LogP contribution in [0, 0.1) is 11.8 Å². The maximum absolute atomic E-state index is 13.2. The van der Waals surface area contributed by atoms with Crippen LogP contribution in [0.4, 0.5) is 0 Å². The fraction of sp³-hybridized carbons (Fsp3) is 0.909. The molecule has 0 N–H and O–H groups in total. The molecule has 2 aliphatic heterocycles. The van der Waals surface area contributed by atoms with E-state index in [1.54, 1.807) is 0 Å². The van der Waals surface area contributed by atoms with Gasteiger partial charge in [0.15, 0.2) is 0 Å². The summed E-state index contributed by atoms with van der Waals surface area (Å²) >= 11 is 0. The van der Waals surface area contributed by atoms with Crippen LogP contribution in [-0.4, -0.2) is 71.2 Å². The highest BCUT2D eigenvalue weighted by molar-refractivity contribution is 5.83. The number of hydrogen-bond donors (Lipinski definition) is 0. The molecule has 2 heterocycles. The van der Waals surface area contributed by atoms with Gasteiger partial charge < -0.3 is 19.3 Å². The van der Waals surface area contributed by atoms with E-state index in [0.29, 0.717) is 32.6 Å². The van der Waals surface area contributed by atoms with Gasteiger partial charge in [0.25, 0.3) is 0 Å². The highest BCUT2D eigenvalue weighted by atomic mass is 16.5. The molecular formula is C22H38N2O4. The quantitative estimate of drug-likeness (QED) is 0.723. The van der Waals surface area contributed by atoms with Crippen LogP contribution >= 0.6 is 0 Å². The van der Waals surface area contributed by atoms with Crippen LogP contribution in [0.3, 0.4) is 0 Å². The molecule has 2 saturated heterocycles. The van der Waals surface area contributed by atoms with E-state index >= 15 is 0 Å². The third-order valence-corrected chi connectivity index (χ3v) is 6.13. The summed E-state index contributed by atoms with van der Waals surface area (Å²) in [6.07, 6.45) is 3.49. The van der Waals surface area contributed by atoms with E-state index in [-0.39, 0.29) is 47.1 Å². The summed E-state index contributed by atoms with van der Waals surface area (Å²) < 4.78 is 11.9. The van der Waals surface area contributed by atoms with Crippen LogP contribution in [0.5, 0.6) is 0 Å². The Morgan fingerprint density at radius 3 is 1.54 bits per heavy atom. The summed E-state index contributed by atoms with van der Waals surface area (Å²) in [5.41, 5.74) is -0.626. The summed E-state index contributed by atoms with van der Waals surface area (Å²) in [6, 6.07) is 0.